The first-order valence-corrected chi connectivity index (χ1v) is 8.80. The van der Waals surface area contributed by atoms with Crippen LogP contribution in [0, 0.1) is 18.3 Å². The Morgan fingerprint density at radius 3 is 2.35 bits per heavy atom. The van der Waals surface area contributed by atoms with Gasteiger partial charge in [-0.25, -0.2) is 0 Å². The summed E-state index contributed by atoms with van der Waals surface area (Å²) in [7, 11) is 0. The van der Waals surface area contributed by atoms with Gasteiger partial charge in [0.05, 0.1) is 0 Å². The summed E-state index contributed by atoms with van der Waals surface area (Å²) in [6.45, 7) is 6.95. The maximum absolute atomic E-state index is 12.2. The predicted octanol–water partition coefficient (Wildman–Crippen LogP) is 4.30. The standard InChI is InChI=1S/C22H25N3O/c1-16(2)19-8-10-21(11-9-19)25-22(26)20(14-23)15-24-13-12-18-6-4-17(3)5-7-18/h4-11,15-16,24H,12-13H2,1-3H3,(H,25,26)/b20-15-. The SMILES string of the molecule is Cc1ccc(CCN/C=C(/C#N)C(=O)Nc2ccc(C(C)C)cc2)cc1. The molecule has 0 bridgehead atoms. The molecule has 134 valence electrons. The summed E-state index contributed by atoms with van der Waals surface area (Å²) >= 11 is 0. The lowest BCUT2D eigenvalue weighted by molar-refractivity contribution is -0.112. The average molecular weight is 347 g/mol. The number of hydrogen-bond acceptors (Lipinski definition) is 3. The summed E-state index contributed by atoms with van der Waals surface area (Å²) in [6.07, 6.45) is 2.31. The van der Waals surface area contributed by atoms with E-state index in [4.69, 9.17) is 0 Å². The molecule has 0 aliphatic carbocycles. The molecule has 1 amide bonds. The third kappa shape index (κ3) is 5.78. The Morgan fingerprint density at radius 2 is 1.77 bits per heavy atom. The van der Waals surface area contributed by atoms with E-state index in [0.29, 0.717) is 18.2 Å². The van der Waals surface area contributed by atoms with Gasteiger partial charge in [0.2, 0.25) is 0 Å². The molecule has 2 N–H and O–H groups in total. The number of nitrogens with zero attached hydrogens (tertiary/aromatic N) is 1. The van der Waals surface area contributed by atoms with E-state index in [9.17, 15) is 10.1 Å². The van der Waals surface area contributed by atoms with E-state index in [2.05, 4.69) is 55.7 Å². The second-order valence-electron chi connectivity index (χ2n) is 6.59. The summed E-state index contributed by atoms with van der Waals surface area (Å²) < 4.78 is 0. The van der Waals surface area contributed by atoms with Gasteiger partial charge in [-0.15, -0.1) is 0 Å². The van der Waals surface area contributed by atoms with Crippen LogP contribution in [-0.4, -0.2) is 12.5 Å². The van der Waals surface area contributed by atoms with Crippen molar-refractivity contribution in [1.29, 1.82) is 5.26 Å². The number of rotatable bonds is 7. The van der Waals surface area contributed by atoms with E-state index >= 15 is 0 Å². The molecule has 0 aliphatic rings. The van der Waals surface area contributed by atoms with Crippen molar-refractivity contribution in [3.8, 4) is 6.07 Å². The highest BCUT2D eigenvalue weighted by Gasteiger charge is 2.09. The van der Waals surface area contributed by atoms with Gasteiger partial charge in [-0.05, 0) is 42.5 Å². The highest BCUT2D eigenvalue weighted by molar-refractivity contribution is 6.06. The van der Waals surface area contributed by atoms with Gasteiger partial charge in [0.15, 0.2) is 0 Å². The molecule has 0 radical (unpaired) electrons. The average Bonchev–Trinajstić information content (AvgIpc) is 2.63. The van der Waals surface area contributed by atoms with Crippen LogP contribution in [0.2, 0.25) is 0 Å². The van der Waals surface area contributed by atoms with Crippen LogP contribution in [0.25, 0.3) is 0 Å². The minimum absolute atomic E-state index is 0.0573. The predicted molar refractivity (Wildman–Crippen MR) is 106 cm³/mol. The Hall–Kier alpha value is -3.06. The van der Waals surface area contributed by atoms with Crippen LogP contribution in [0.1, 0.15) is 36.5 Å². The van der Waals surface area contributed by atoms with Crippen LogP contribution >= 0.6 is 0 Å². The third-order valence-electron chi connectivity index (χ3n) is 4.13. The Labute approximate surface area is 155 Å². The van der Waals surface area contributed by atoms with Crippen LogP contribution < -0.4 is 10.6 Å². The number of benzene rings is 2. The topological polar surface area (TPSA) is 64.9 Å². The highest BCUT2D eigenvalue weighted by atomic mass is 16.1. The van der Waals surface area contributed by atoms with Crippen molar-refractivity contribution in [1.82, 2.24) is 5.32 Å². The Morgan fingerprint density at radius 1 is 1.12 bits per heavy atom. The molecule has 0 saturated carbocycles. The van der Waals surface area contributed by atoms with E-state index in [1.54, 1.807) is 0 Å². The van der Waals surface area contributed by atoms with Crippen molar-refractivity contribution in [3.05, 3.63) is 77.0 Å². The van der Waals surface area contributed by atoms with Gasteiger partial charge in [0, 0.05) is 18.4 Å². The lowest BCUT2D eigenvalue weighted by Gasteiger charge is -2.08. The number of amides is 1. The van der Waals surface area contributed by atoms with Gasteiger partial charge in [-0.2, -0.15) is 5.26 Å². The summed E-state index contributed by atoms with van der Waals surface area (Å²) in [5.41, 5.74) is 4.38. The zero-order chi connectivity index (χ0) is 18.9. The van der Waals surface area contributed by atoms with Crippen molar-refractivity contribution in [2.24, 2.45) is 0 Å². The maximum atomic E-state index is 12.2. The van der Waals surface area contributed by atoms with Gasteiger partial charge in [0.25, 0.3) is 5.91 Å². The summed E-state index contributed by atoms with van der Waals surface area (Å²) in [4.78, 5) is 12.2. The number of nitrogens with one attached hydrogen (secondary N) is 2. The third-order valence-corrected chi connectivity index (χ3v) is 4.13. The van der Waals surface area contributed by atoms with Crippen molar-refractivity contribution in [2.75, 3.05) is 11.9 Å². The first kappa shape index (κ1) is 19.3. The number of anilines is 1. The zero-order valence-corrected chi connectivity index (χ0v) is 15.5. The molecule has 0 atom stereocenters. The molecule has 0 saturated heterocycles. The molecule has 0 unspecified atom stereocenters. The minimum Gasteiger partial charge on any atom is -0.389 e. The molecular weight excluding hydrogens is 322 g/mol. The lowest BCUT2D eigenvalue weighted by Crippen LogP contribution is -2.18. The first-order chi connectivity index (χ1) is 12.5. The summed E-state index contributed by atoms with van der Waals surface area (Å²) in [6, 6.07) is 17.9. The van der Waals surface area contributed by atoms with Crippen LogP contribution in [0.4, 0.5) is 5.69 Å². The van der Waals surface area contributed by atoms with Crippen LogP contribution in [-0.2, 0) is 11.2 Å². The van der Waals surface area contributed by atoms with Crippen molar-refractivity contribution < 1.29 is 4.79 Å². The molecule has 4 nitrogen and oxygen atoms in total. The van der Waals surface area contributed by atoms with E-state index in [0.717, 1.165) is 6.42 Å². The van der Waals surface area contributed by atoms with E-state index in [-0.39, 0.29) is 5.57 Å². The van der Waals surface area contributed by atoms with Crippen molar-refractivity contribution >= 4 is 11.6 Å². The second-order valence-corrected chi connectivity index (χ2v) is 6.59. The molecule has 0 heterocycles. The molecular formula is C22H25N3O. The largest absolute Gasteiger partial charge is 0.389 e. The quantitative estimate of drug-likeness (QED) is 0.446. The molecule has 0 aromatic heterocycles. The molecule has 0 aliphatic heterocycles. The smallest absolute Gasteiger partial charge is 0.267 e. The van der Waals surface area contributed by atoms with Crippen molar-refractivity contribution in [3.63, 3.8) is 0 Å². The van der Waals surface area contributed by atoms with Gasteiger partial charge in [-0.1, -0.05) is 55.8 Å². The number of carbonyl (C=O) groups is 1. The van der Waals surface area contributed by atoms with Crippen LogP contribution in [0.15, 0.2) is 60.3 Å². The van der Waals surface area contributed by atoms with Gasteiger partial charge in [0.1, 0.15) is 11.6 Å². The molecule has 0 spiro atoms. The van der Waals surface area contributed by atoms with E-state index in [1.165, 1.54) is 22.9 Å². The van der Waals surface area contributed by atoms with Gasteiger partial charge < -0.3 is 10.6 Å². The normalized spacial score (nSPS) is 11.1. The fourth-order valence-corrected chi connectivity index (χ4v) is 2.44. The first-order valence-electron chi connectivity index (χ1n) is 8.80. The van der Waals surface area contributed by atoms with Gasteiger partial charge in [-0.3, -0.25) is 4.79 Å². The fraction of sp³-hybridized carbons (Fsp3) is 0.273. The maximum Gasteiger partial charge on any atom is 0.267 e. The van der Waals surface area contributed by atoms with Crippen LogP contribution in [0.3, 0.4) is 0 Å². The Balaban J connectivity index is 1.87. The van der Waals surface area contributed by atoms with Crippen LogP contribution in [0.5, 0.6) is 0 Å². The summed E-state index contributed by atoms with van der Waals surface area (Å²) in [5, 5.41) is 15.0. The monoisotopic (exact) mass is 347 g/mol. The van der Waals surface area contributed by atoms with E-state index in [1.807, 2.05) is 30.3 Å². The highest BCUT2D eigenvalue weighted by Crippen LogP contribution is 2.17. The molecule has 26 heavy (non-hydrogen) atoms. The molecule has 2 aromatic rings. The second kappa shape index (κ2) is 9.43. The fourth-order valence-electron chi connectivity index (χ4n) is 2.44. The Kier molecular flexibility index (Phi) is 6.99. The molecule has 0 fully saturated rings. The number of aryl methyl sites for hydroxylation is 1. The molecule has 2 aromatic carbocycles. The lowest BCUT2D eigenvalue weighted by atomic mass is 10.0. The number of nitriles is 1. The zero-order valence-electron chi connectivity index (χ0n) is 15.5. The molecule has 2 rings (SSSR count). The van der Waals surface area contributed by atoms with Gasteiger partial charge >= 0.3 is 0 Å². The number of carbonyl (C=O) groups excluding carboxylic acids is 1. The van der Waals surface area contributed by atoms with E-state index < -0.39 is 5.91 Å². The summed E-state index contributed by atoms with van der Waals surface area (Å²) in [5.74, 6) is 0.0275. The Bertz CT molecular complexity index is 797. The molecule has 4 heteroatoms. The van der Waals surface area contributed by atoms with Crippen molar-refractivity contribution in [2.45, 2.75) is 33.1 Å². The number of hydrogen-bond donors (Lipinski definition) is 2. The minimum atomic E-state index is -0.410.